The minimum absolute atomic E-state index is 0.0783. The average molecular weight is 457 g/mol. The summed E-state index contributed by atoms with van der Waals surface area (Å²) in [6.45, 7) is 0.657. The van der Waals surface area contributed by atoms with Crippen molar-refractivity contribution >= 4 is 21.9 Å². The number of amides is 1. The topological polar surface area (TPSA) is 92.8 Å². The highest BCUT2D eigenvalue weighted by atomic mass is 32.2. The van der Waals surface area contributed by atoms with E-state index in [2.05, 4.69) is 11.4 Å². The van der Waals surface area contributed by atoms with Gasteiger partial charge in [0.15, 0.2) is 6.61 Å². The van der Waals surface area contributed by atoms with Gasteiger partial charge in [-0.15, -0.1) is 0 Å². The van der Waals surface area contributed by atoms with Crippen LogP contribution in [0.1, 0.15) is 59.6 Å². The largest absolute Gasteiger partial charge is 0.452 e. The van der Waals surface area contributed by atoms with Crippen LogP contribution >= 0.6 is 0 Å². The zero-order chi connectivity index (χ0) is 22.6. The number of esters is 1. The molecule has 4 rings (SSSR count). The van der Waals surface area contributed by atoms with Crippen LogP contribution in [0, 0.1) is 0 Å². The van der Waals surface area contributed by atoms with Crippen LogP contribution in [0.15, 0.2) is 53.4 Å². The highest BCUT2D eigenvalue weighted by molar-refractivity contribution is 7.89. The van der Waals surface area contributed by atoms with Crippen molar-refractivity contribution in [2.45, 2.75) is 49.5 Å². The van der Waals surface area contributed by atoms with Crippen LogP contribution in [0.2, 0.25) is 0 Å². The minimum Gasteiger partial charge on any atom is -0.452 e. The SMILES string of the molecule is O=C(COC(=O)c1ccc(S(=O)(=O)N2CCCCC2)cc1)NC1CCCc2ccccc21. The minimum atomic E-state index is -3.55. The molecule has 2 aromatic carbocycles. The van der Waals surface area contributed by atoms with E-state index in [-0.39, 0.29) is 29.0 Å². The van der Waals surface area contributed by atoms with E-state index in [4.69, 9.17) is 4.74 Å². The first-order valence-electron chi connectivity index (χ1n) is 11.1. The number of carbonyl (C=O) groups is 2. The molecule has 170 valence electrons. The maximum Gasteiger partial charge on any atom is 0.338 e. The number of piperidine rings is 1. The van der Waals surface area contributed by atoms with Crippen molar-refractivity contribution in [2.24, 2.45) is 0 Å². The molecule has 2 aliphatic rings. The van der Waals surface area contributed by atoms with E-state index in [9.17, 15) is 18.0 Å². The first kappa shape index (κ1) is 22.5. The highest BCUT2D eigenvalue weighted by Gasteiger charge is 2.26. The number of hydrogen-bond acceptors (Lipinski definition) is 5. The fourth-order valence-electron chi connectivity index (χ4n) is 4.37. The first-order chi connectivity index (χ1) is 15.4. The third kappa shape index (κ3) is 5.02. The molecular formula is C24H28N2O5S. The predicted molar refractivity (Wildman–Crippen MR) is 120 cm³/mol. The van der Waals surface area contributed by atoms with E-state index in [1.807, 2.05) is 18.2 Å². The van der Waals surface area contributed by atoms with Crippen LogP contribution in [-0.4, -0.2) is 44.3 Å². The van der Waals surface area contributed by atoms with E-state index in [1.54, 1.807) is 0 Å². The summed E-state index contributed by atoms with van der Waals surface area (Å²) in [5.41, 5.74) is 2.56. The molecule has 0 spiro atoms. The summed E-state index contributed by atoms with van der Waals surface area (Å²) in [5.74, 6) is -1.02. The van der Waals surface area contributed by atoms with Crippen molar-refractivity contribution in [1.82, 2.24) is 9.62 Å². The van der Waals surface area contributed by atoms with Crippen LogP contribution in [0.5, 0.6) is 0 Å². The fourth-order valence-corrected chi connectivity index (χ4v) is 5.89. The summed E-state index contributed by atoms with van der Waals surface area (Å²) in [4.78, 5) is 24.8. The molecule has 1 aliphatic carbocycles. The Morgan fingerprint density at radius 3 is 2.44 bits per heavy atom. The molecule has 0 radical (unpaired) electrons. The molecule has 1 N–H and O–H groups in total. The molecular weight excluding hydrogens is 428 g/mol. The monoisotopic (exact) mass is 456 g/mol. The van der Waals surface area contributed by atoms with E-state index in [0.29, 0.717) is 13.1 Å². The standard InChI is InChI=1S/C24H28N2O5S/c27-23(25-22-10-6-8-18-7-2-3-9-21(18)22)17-31-24(28)19-11-13-20(14-12-19)32(29,30)26-15-4-1-5-16-26/h2-3,7,9,11-14,22H,1,4-6,8,10,15-17H2,(H,25,27). The van der Waals surface area contributed by atoms with E-state index >= 15 is 0 Å². The lowest BCUT2D eigenvalue weighted by molar-refractivity contribution is -0.125. The number of nitrogens with one attached hydrogen (secondary N) is 1. The van der Waals surface area contributed by atoms with Crippen LogP contribution < -0.4 is 5.32 Å². The normalized spacial score (nSPS) is 19.1. The van der Waals surface area contributed by atoms with Gasteiger partial charge in [-0.1, -0.05) is 30.7 Å². The number of carbonyl (C=O) groups excluding carboxylic acids is 2. The number of fused-ring (bicyclic) bond motifs is 1. The van der Waals surface area contributed by atoms with Crippen LogP contribution in [0.25, 0.3) is 0 Å². The number of benzene rings is 2. The van der Waals surface area contributed by atoms with Crippen LogP contribution in [0.3, 0.4) is 0 Å². The van der Waals surface area contributed by atoms with Crippen molar-refractivity contribution in [3.05, 3.63) is 65.2 Å². The Kier molecular flexibility index (Phi) is 6.91. The van der Waals surface area contributed by atoms with Gasteiger partial charge in [-0.25, -0.2) is 13.2 Å². The van der Waals surface area contributed by atoms with Gasteiger partial charge < -0.3 is 10.1 Å². The molecule has 1 saturated heterocycles. The summed E-state index contributed by atoms with van der Waals surface area (Å²) in [6.07, 6.45) is 5.60. The van der Waals surface area contributed by atoms with Gasteiger partial charge in [0, 0.05) is 13.1 Å². The number of sulfonamides is 1. The Bertz CT molecular complexity index is 1080. The van der Waals surface area contributed by atoms with Gasteiger partial charge in [-0.2, -0.15) is 4.31 Å². The Morgan fingerprint density at radius 1 is 0.969 bits per heavy atom. The fraction of sp³-hybridized carbons (Fsp3) is 0.417. The van der Waals surface area contributed by atoms with E-state index in [1.165, 1.54) is 34.1 Å². The van der Waals surface area contributed by atoms with Crippen molar-refractivity contribution < 1.29 is 22.7 Å². The zero-order valence-electron chi connectivity index (χ0n) is 18.0. The molecule has 1 atom stereocenters. The van der Waals surface area contributed by atoms with E-state index < -0.39 is 16.0 Å². The molecule has 1 amide bonds. The number of ether oxygens (including phenoxy) is 1. The third-order valence-corrected chi connectivity index (χ3v) is 7.99. The number of hydrogen-bond donors (Lipinski definition) is 1. The lowest BCUT2D eigenvalue weighted by atomic mass is 9.88. The van der Waals surface area contributed by atoms with Crippen molar-refractivity contribution in [3.63, 3.8) is 0 Å². The Balaban J connectivity index is 1.32. The molecule has 0 saturated carbocycles. The molecule has 1 heterocycles. The Hall–Kier alpha value is -2.71. The second-order valence-corrected chi connectivity index (χ2v) is 10.2. The second kappa shape index (κ2) is 9.83. The average Bonchev–Trinajstić information content (AvgIpc) is 2.83. The molecule has 1 aliphatic heterocycles. The number of rotatable bonds is 6. The maximum absolute atomic E-state index is 12.7. The van der Waals surface area contributed by atoms with E-state index in [0.717, 1.165) is 44.1 Å². The van der Waals surface area contributed by atoms with Crippen LogP contribution in [-0.2, 0) is 26.0 Å². The summed E-state index contributed by atoms with van der Waals surface area (Å²) >= 11 is 0. The summed E-state index contributed by atoms with van der Waals surface area (Å²) < 4.78 is 32.1. The quantitative estimate of drug-likeness (QED) is 0.674. The van der Waals surface area contributed by atoms with Gasteiger partial charge in [0.05, 0.1) is 16.5 Å². The van der Waals surface area contributed by atoms with Crippen molar-refractivity contribution in [1.29, 1.82) is 0 Å². The molecule has 1 unspecified atom stereocenters. The second-order valence-electron chi connectivity index (χ2n) is 8.28. The highest BCUT2D eigenvalue weighted by Crippen LogP contribution is 2.29. The Morgan fingerprint density at radius 2 is 1.69 bits per heavy atom. The molecule has 1 fully saturated rings. The molecule has 0 aromatic heterocycles. The maximum atomic E-state index is 12.7. The summed E-state index contributed by atoms with van der Waals surface area (Å²) in [7, 11) is -3.55. The molecule has 0 bridgehead atoms. The zero-order valence-corrected chi connectivity index (χ0v) is 18.8. The first-order valence-corrected chi connectivity index (χ1v) is 12.5. The smallest absolute Gasteiger partial charge is 0.338 e. The van der Waals surface area contributed by atoms with Gasteiger partial charge in [0.1, 0.15) is 0 Å². The summed E-state index contributed by atoms with van der Waals surface area (Å²) in [5, 5.41) is 2.95. The molecule has 2 aromatic rings. The van der Waals surface area contributed by atoms with Gasteiger partial charge >= 0.3 is 5.97 Å². The summed E-state index contributed by atoms with van der Waals surface area (Å²) in [6, 6.07) is 13.6. The van der Waals surface area contributed by atoms with Crippen molar-refractivity contribution in [2.75, 3.05) is 19.7 Å². The number of aryl methyl sites for hydroxylation is 1. The van der Waals surface area contributed by atoms with Gasteiger partial charge in [-0.3, -0.25) is 4.79 Å². The lowest BCUT2D eigenvalue weighted by Crippen LogP contribution is -2.35. The lowest BCUT2D eigenvalue weighted by Gasteiger charge is -2.26. The van der Waals surface area contributed by atoms with Gasteiger partial charge in [-0.05, 0) is 67.5 Å². The Labute approximate surface area is 188 Å². The van der Waals surface area contributed by atoms with Gasteiger partial charge in [0.25, 0.3) is 5.91 Å². The van der Waals surface area contributed by atoms with Gasteiger partial charge in [0.2, 0.25) is 10.0 Å². The third-order valence-electron chi connectivity index (χ3n) is 6.08. The molecule has 8 heteroatoms. The predicted octanol–water partition coefficient (Wildman–Crippen LogP) is 3.21. The molecule has 7 nitrogen and oxygen atoms in total. The molecule has 32 heavy (non-hydrogen) atoms. The number of nitrogens with zero attached hydrogens (tertiary/aromatic N) is 1. The van der Waals surface area contributed by atoms with Crippen molar-refractivity contribution in [3.8, 4) is 0 Å². The van der Waals surface area contributed by atoms with Crippen LogP contribution in [0.4, 0.5) is 0 Å².